The SMILES string of the molecule is Cc1cc(N)sc1-c1nc2cccnc2s1. The van der Waals surface area contributed by atoms with E-state index in [0.29, 0.717) is 0 Å². The van der Waals surface area contributed by atoms with Gasteiger partial charge in [0.1, 0.15) is 15.4 Å². The minimum absolute atomic E-state index is 0.833. The number of fused-ring (bicyclic) bond motifs is 1. The molecule has 0 saturated carbocycles. The molecule has 0 spiro atoms. The third-order valence-electron chi connectivity index (χ3n) is 2.30. The van der Waals surface area contributed by atoms with Gasteiger partial charge in [-0.1, -0.05) is 11.3 Å². The number of rotatable bonds is 1. The Labute approximate surface area is 101 Å². The van der Waals surface area contributed by atoms with Gasteiger partial charge in [-0.25, -0.2) is 9.97 Å². The van der Waals surface area contributed by atoms with Crippen molar-refractivity contribution in [2.24, 2.45) is 0 Å². The lowest BCUT2D eigenvalue weighted by molar-refractivity contribution is 1.40. The van der Waals surface area contributed by atoms with Crippen LogP contribution in [-0.2, 0) is 0 Å². The summed E-state index contributed by atoms with van der Waals surface area (Å²) in [7, 11) is 0. The first kappa shape index (κ1) is 9.74. The van der Waals surface area contributed by atoms with E-state index >= 15 is 0 Å². The summed E-state index contributed by atoms with van der Waals surface area (Å²) >= 11 is 3.19. The summed E-state index contributed by atoms with van der Waals surface area (Å²) < 4.78 is 0. The van der Waals surface area contributed by atoms with Crippen molar-refractivity contribution in [2.45, 2.75) is 6.92 Å². The van der Waals surface area contributed by atoms with Gasteiger partial charge in [0.2, 0.25) is 0 Å². The summed E-state index contributed by atoms with van der Waals surface area (Å²) in [6.45, 7) is 2.06. The largest absolute Gasteiger partial charge is 0.391 e. The number of hydrogen-bond donors (Lipinski definition) is 1. The van der Waals surface area contributed by atoms with Crippen molar-refractivity contribution in [3.8, 4) is 9.88 Å². The molecule has 0 saturated heterocycles. The molecule has 80 valence electrons. The molecular formula is C11H9N3S2. The minimum atomic E-state index is 0.833. The predicted molar refractivity (Wildman–Crippen MR) is 69.9 cm³/mol. The zero-order valence-electron chi connectivity index (χ0n) is 8.60. The van der Waals surface area contributed by atoms with Crippen LogP contribution >= 0.6 is 22.7 Å². The van der Waals surface area contributed by atoms with E-state index in [0.717, 1.165) is 25.2 Å². The Bertz CT molecular complexity index is 621. The second kappa shape index (κ2) is 3.54. The minimum Gasteiger partial charge on any atom is -0.391 e. The molecule has 2 N–H and O–H groups in total. The molecule has 3 aromatic heterocycles. The van der Waals surface area contributed by atoms with E-state index in [1.54, 1.807) is 28.9 Å². The van der Waals surface area contributed by atoms with E-state index in [2.05, 4.69) is 16.9 Å². The number of hydrogen-bond acceptors (Lipinski definition) is 5. The van der Waals surface area contributed by atoms with Crippen LogP contribution in [0.3, 0.4) is 0 Å². The Morgan fingerprint density at radius 3 is 2.88 bits per heavy atom. The van der Waals surface area contributed by atoms with Crippen LogP contribution in [0.15, 0.2) is 24.4 Å². The Kier molecular flexibility index (Phi) is 2.15. The lowest BCUT2D eigenvalue weighted by Gasteiger charge is -1.90. The fraction of sp³-hybridized carbons (Fsp3) is 0.0909. The molecule has 0 aliphatic rings. The van der Waals surface area contributed by atoms with Crippen molar-refractivity contribution in [2.75, 3.05) is 5.73 Å². The maximum absolute atomic E-state index is 5.79. The number of nitrogens with two attached hydrogens (primary N) is 1. The second-order valence-corrected chi connectivity index (χ2v) is 5.57. The maximum Gasteiger partial charge on any atom is 0.143 e. The van der Waals surface area contributed by atoms with Gasteiger partial charge < -0.3 is 5.73 Å². The van der Waals surface area contributed by atoms with Gasteiger partial charge in [-0.3, -0.25) is 0 Å². The third-order valence-corrected chi connectivity index (χ3v) is 4.50. The summed E-state index contributed by atoms with van der Waals surface area (Å²) in [6.07, 6.45) is 1.79. The number of thiophene rings is 1. The molecular weight excluding hydrogens is 238 g/mol. The van der Waals surface area contributed by atoms with Crippen molar-refractivity contribution in [1.82, 2.24) is 9.97 Å². The van der Waals surface area contributed by atoms with E-state index in [1.807, 2.05) is 18.2 Å². The Morgan fingerprint density at radius 1 is 1.31 bits per heavy atom. The molecule has 3 heterocycles. The smallest absolute Gasteiger partial charge is 0.143 e. The van der Waals surface area contributed by atoms with Gasteiger partial charge in [-0.05, 0) is 30.7 Å². The molecule has 3 rings (SSSR count). The molecule has 0 aromatic carbocycles. The van der Waals surface area contributed by atoms with Crippen LogP contribution in [0.4, 0.5) is 5.00 Å². The molecule has 0 unspecified atom stereocenters. The molecule has 5 heteroatoms. The molecule has 0 aliphatic carbocycles. The van der Waals surface area contributed by atoms with Crippen LogP contribution in [0.5, 0.6) is 0 Å². The van der Waals surface area contributed by atoms with E-state index in [1.165, 1.54) is 5.56 Å². The zero-order valence-corrected chi connectivity index (χ0v) is 10.2. The Balaban J connectivity index is 2.22. The van der Waals surface area contributed by atoms with Gasteiger partial charge in [0.25, 0.3) is 0 Å². The van der Waals surface area contributed by atoms with E-state index in [4.69, 9.17) is 5.73 Å². The standard InChI is InChI=1S/C11H9N3S2/c1-6-5-8(12)15-9(6)11-14-7-3-2-4-13-10(7)16-11/h2-5H,12H2,1H3. The summed E-state index contributed by atoms with van der Waals surface area (Å²) in [5.74, 6) is 0. The summed E-state index contributed by atoms with van der Waals surface area (Å²) in [4.78, 5) is 11.0. The molecule has 0 amide bonds. The molecule has 0 bridgehead atoms. The van der Waals surface area contributed by atoms with Crippen molar-refractivity contribution in [1.29, 1.82) is 0 Å². The fourth-order valence-corrected chi connectivity index (χ4v) is 3.57. The topological polar surface area (TPSA) is 51.8 Å². The summed E-state index contributed by atoms with van der Waals surface area (Å²) in [5.41, 5.74) is 7.93. The zero-order chi connectivity index (χ0) is 11.1. The van der Waals surface area contributed by atoms with E-state index in [9.17, 15) is 0 Å². The number of thiazole rings is 1. The first-order valence-electron chi connectivity index (χ1n) is 4.82. The van der Waals surface area contributed by atoms with Crippen LogP contribution in [0, 0.1) is 6.92 Å². The molecule has 0 aliphatic heterocycles. The third kappa shape index (κ3) is 1.48. The fourth-order valence-electron chi connectivity index (χ4n) is 1.59. The van der Waals surface area contributed by atoms with Gasteiger partial charge in [0.05, 0.1) is 9.88 Å². The quantitative estimate of drug-likeness (QED) is 0.717. The number of nitrogen functional groups attached to an aromatic ring is 1. The van der Waals surface area contributed by atoms with Crippen molar-refractivity contribution in [3.05, 3.63) is 30.0 Å². The highest BCUT2D eigenvalue weighted by molar-refractivity contribution is 7.26. The Hall–Kier alpha value is -1.46. The summed E-state index contributed by atoms with van der Waals surface area (Å²) in [5, 5.41) is 1.84. The average Bonchev–Trinajstić information content (AvgIpc) is 2.81. The molecule has 16 heavy (non-hydrogen) atoms. The van der Waals surface area contributed by atoms with Crippen LogP contribution in [-0.4, -0.2) is 9.97 Å². The highest BCUT2D eigenvalue weighted by Gasteiger charge is 2.11. The molecule has 3 aromatic rings. The number of nitrogens with zero attached hydrogens (tertiary/aromatic N) is 2. The van der Waals surface area contributed by atoms with Gasteiger partial charge in [-0.2, -0.15) is 0 Å². The average molecular weight is 247 g/mol. The van der Waals surface area contributed by atoms with Crippen molar-refractivity contribution < 1.29 is 0 Å². The first-order valence-corrected chi connectivity index (χ1v) is 6.45. The van der Waals surface area contributed by atoms with Crippen LogP contribution in [0.25, 0.3) is 20.2 Å². The molecule has 0 radical (unpaired) electrons. The van der Waals surface area contributed by atoms with Gasteiger partial charge in [0.15, 0.2) is 0 Å². The number of aromatic nitrogens is 2. The van der Waals surface area contributed by atoms with E-state index in [-0.39, 0.29) is 0 Å². The monoisotopic (exact) mass is 247 g/mol. The van der Waals surface area contributed by atoms with Crippen molar-refractivity contribution >= 4 is 38.0 Å². The molecule has 0 fully saturated rings. The van der Waals surface area contributed by atoms with Gasteiger partial charge in [0, 0.05) is 6.20 Å². The van der Waals surface area contributed by atoms with Crippen LogP contribution in [0.2, 0.25) is 0 Å². The van der Waals surface area contributed by atoms with Crippen LogP contribution < -0.4 is 5.73 Å². The lowest BCUT2D eigenvalue weighted by Crippen LogP contribution is -1.73. The number of pyridine rings is 1. The van der Waals surface area contributed by atoms with E-state index < -0.39 is 0 Å². The lowest BCUT2D eigenvalue weighted by atomic mass is 10.3. The molecule has 3 nitrogen and oxygen atoms in total. The highest BCUT2D eigenvalue weighted by Crippen LogP contribution is 2.37. The maximum atomic E-state index is 5.79. The molecule has 0 atom stereocenters. The van der Waals surface area contributed by atoms with Crippen molar-refractivity contribution in [3.63, 3.8) is 0 Å². The first-order chi connectivity index (χ1) is 7.74. The predicted octanol–water partition coefficient (Wildman–Crippen LogP) is 3.31. The normalized spacial score (nSPS) is 11.1. The number of aryl methyl sites for hydroxylation is 1. The van der Waals surface area contributed by atoms with Gasteiger partial charge >= 0.3 is 0 Å². The van der Waals surface area contributed by atoms with Gasteiger partial charge in [-0.15, -0.1) is 11.3 Å². The van der Waals surface area contributed by atoms with Crippen LogP contribution in [0.1, 0.15) is 5.56 Å². The highest BCUT2D eigenvalue weighted by atomic mass is 32.1. The Morgan fingerprint density at radius 2 is 2.19 bits per heavy atom. The summed E-state index contributed by atoms with van der Waals surface area (Å²) in [6, 6.07) is 5.87. The number of anilines is 1. The second-order valence-electron chi connectivity index (χ2n) is 3.51.